The molecule has 0 saturated heterocycles. The smallest absolute Gasteiger partial charge is 0.149 e. The first-order chi connectivity index (χ1) is 19.5. The lowest BCUT2D eigenvalue weighted by Crippen LogP contribution is -2.01. The molecule has 0 saturated carbocycles. The first-order valence-electron chi connectivity index (χ1n) is 13.6. The van der Waals surface area contributed by atoms with Crippen molar-refractivity contribution in [2.75, 3.05) is 0 Å². The number of aromatic nitrogens is 5. The van der Waals surface area contributed by atoms with E-state index in [9.17, 15) is 0 Å². The van der Waals surface area contributed by atoms with Crippen LogP contribution >= 0.6 is 0 Å². The van der Waals surface area contributed by atoms with Gasteiger partial charge in [-0.1, -0.05) is 44.2 Å². The number of benzene rings is 2. The number of imidazole rings is 1. The standard InChI is InChI=1S/C34H29N5O/c1-20(2)26-11-9-14-30-32(26)33-27(34-38-28-12-5-6-13-29(28)39(30)34)18-25(19-36-33)40-31-17-23(21(3)37-22(31)4)16-24-10-7-8-15-35-24/h5-15,17-20H,16H2,1-4H3. The maximum absolute atomic E-state index is 6.48. The van der Waals surface area contributed by atoms with Gasteiger partial charge in [0.1, 0.15) is 17.1 Å². The van der Waals surface area contributed by atoms with Crippen LogP contribution in [-0.2, 0) is 6.42 Å². The van der Waals surface area contributed by atoms with Crippen LogP contribution in [0.15, 0.2) is 85.2 Å². The van der Waals surface area contributed by atoms with Crippen molar-refractivity contribution in [3.63, 3.8) is 0 Å². The first-order valence-corrected chi connectivity index (χ1v) is 13.6. The molecule has 2 aromatic carbocycles. The third-order valence-corrected chi connectivity index (χ3v) is 7.63. The fraction of sp³-hybridized carbons (Fsp3) is 0.176. The summed E-state index contributed by atoms with van der Waals surface area (Å²) in [5, 5.41) is 2.11. The molecule has 6 heteroatoms. The van der Waals surface area contributed by atoms with Crippen LogP contribution in [0, 0.1) is 13.8 Å². The molecule has 5 heterocycles. The highest BCUT2D eigenvalue weighted by atomic mass is 16.5. The van der Waals surface area contributed by atoms with Gasteiger partial charge < -0.3 is 4.74 Å². The third kappa shape index (κ3) is 3.95. The molecule has 0 amide bonds. The number of pyridine rings is 4. The number of nitrogens with zero attached hydrogens (tertiary/aromatic N) is 5. The van der Waals surface area contributed by atoms with Gasteiger partial charge in [0.25, 0.3) is 0 Å². The zero-order valence-corrected chi connectivity index (χ0v) is 23.0. The zero-order valence-electron chi connectivity index (χ0n) is 23.0. The lowest BCUT2D eigenvalue weighted by Gasteiger charge is -2.16. The van der Waals surface area contributed by atoms with Crippen LogP contribution in [0.2, 0.25) is 0 Å². The first kappa shape index (κ1) is 24.2. The van der Waals surface area contributed by atoms with Crippen LogP contribution in [0.4, 0.5) is 0 Å². The minimum atomic E-state index is 0.343. The van der Waals surface area contributed by atoms with Crippen LogP contribution in [-0.4, -0.2) is 24.3 Å². The summed E-state index contributed by atoms with van der Waals surface area (Å²) in [7, 11) is 0. The van der Waals surface area contributed by atoms with E-state index in [0.717, 1.165) is 61.1 Å². The topological polar surface area (TPSA) is 65.2 Å². The van der Waals surface area contributed by atoms with Gasteiger partial charge in [-0.2, -0.15) is 0 Å². The van der Waals surface area contributed by atoms with E-state index in [0.29, 0.717) is 23.8 Å². The van der Waals surface area contributed by atoms with Gasteiger partial charge in [-0.3, -0.25) is 19.4 Å². The number of fused-ring (bicyclic) bond motifs is 8. The van der Waals surface area contributed by atoms with Gasteiger partial charge in [0.2, 0.25) is 0 Å². The highest BCUT2D eigenvalue weighted by molar-refractivity contribution is 6.13. The molecular weight excluding hydrogens is 494 g/mol. The molecule has 0 unspecified atom stereocenters. The minimum absolute atomic E-state index is 0.343. The van der Waals surface area contributed by atoms with Gasteiger partial charge in [0.15, 0.2) is 0 Å². The van der Waals surface area contributed by atoms with Crippen LogP contribution in [0.1, 0.15) is 48.0 Å². The Bertz CT molecular complexity index is 2060. The lowest BCUT2D eigenvalue weighted by atomic mass is 9.96. The van der Waals surface area contributed by atoms with E-state index in [1.54, 1.807) is 0 Å². The summed E-state index contributed by atoms with van der Waals surface area (Å²) >= 11 is 0. The Labute approximate surface area is 232 Å². The van der Waals surface area contributed by atoms with E-state index in [-0.39, 0.29) is 0 Å². The third-order valence-electron chi connectivity index (χ3n) is 7.63. The predicted octanol–water partition coefficient (Wildman–Crippen LogP) is 8.10. The van der Waals surface area contributed by atoms with Gasteiger partial charge in [0.05, 0.1) is 34.0 Å². The fourth-order valence-electron chi connectivity index (χ4n) is 5.66. The van der Waals surface area contributed by atoms with Crippen molar-refractivity contribution in [1.82, 2.24) is 24.3 Å². The molecular formula is C34H29N5O. The van der Waals surface area contributed by atoms with E-state index >= 15 is 0 Å². The maximum atomic E-state index is 6.48. The van der Waals surface area contributed by atoms with Gasteiger partial charge in [-0.25, -0.2) is 4.98 Å². The quantitative estimate of drug-likeness (QED) is 0.213. The van der Waals surface area contributed by atoms with Crippen LogP contribution in [0.5, 0.6) is 11.5 Å². The highest BCUT2D eigenvalue weighted by Crippen LogP contribution is 2.37. The average Bonchev–Trinajstić information content (AvgIpc) is 3.36. The molecule has 5 aromatic heterocycles. The molecule has 0 bridgehead atoms. The largest absolute Gasteiger partial charge is 0.454 e. The van der Waals surface area contributed by atoms with E-state index in [4.69, 9.17) is 19.7 Å². The highest BCUT2D eigenvalue weighted by Gasteiger charge is 2.19. The fourth-order valence-corrected chi connectivity index (χ4v) is 5.66. The average molecular weight is 524 g/mol. The lowest BCUT2D eigenvalue weighted by molar-refractivity contribution is 0.473. The molecule has 0 aliphatic heterocycles. The second-order valence-electron chi connectivity index (χ2n) is 10.6. The summed E-state index contributed by atoms with van der Waals surface area (Å²) in [4.78, 5) is 19.3. The maximum Gasteiger partial charge on any atom is 0.149 e. The summed E-state index contributed by atoms with van der Waals surface area (Å²) in [6, 6.07) is 24.9. The summed E-state index contributed by atoms with van der Waals surface area (Å²) < 4.78 is 8.74. The predicted molar refractivity (Wildman–Crippen MR) is 160 cm³/mol. The summed E-state index contributed by atoms with van der Waals surface area (Å²) in [5.41, 5.74) is 10.1. The number of aryl methyl sites for hydroxylation is 2. The Morgan fingerprint density at radius 1 is 0.825 bits per heavy atom. The number of hydrogen-bond donors (Lipinski definition) is 0. The molecule has 0 fully saturated rings. The Morgan fingerprint density at radius 2 is 1.65 bits per heavy atom. The van der Waals surface area contributed by atoms with E-state index in [1.165, 1.54) is 5.56 Å². The Kier molecular flexibility index (Phi) is 5.70. The molecule has 40 heavy (non-hydrogen) atoms. The normalized spacial score (nSPS) is 11.8. The van der Waals surface area contributed by atoms with Crippen LogP contribution < -0.4 is 4.74 Å². The Morgan fingerprint density at radius 3 is 2.48 bits per heavy atom. The molecule has 196 valence electrons. The molecule has 0 radical (unpaired) electrons. The number of ether oxygens (including phenoxy) is 1. The second kappa shape index (κ2) is 9.42. The zero-order chi connectivity index (χ0) is 27.4. The van der Waals surface area contributed by atoms with Crippen molar-refractivity contribution in [1.29, 1.82) is 0 Å². The SMILES string of the molecule is Cc1nc(C)c(Oc2cnc3c(c2)c2nc4ccccc4n2c2cccc(C(C)C)c32)cc1Cc1ccccn1. The van der Waals surface area contributed by atoms with Crippen molar-refractivity contribution < 1.29 is 4.74 Å². The van der Waals surface area contributed by atoms with Crippen molar-refractivity contribution in [2.45, 2.75) is 40.0 Å². The molecule has 0 aliphatic rings. The van der Waals surface area contributed by atoms with E-state index < -0.39 is 0 Å². The number of hydrogen-bond acceptors (Lipinski definition) is 5. The van der Waals surface area contributed by atoms with Crippen LogP contribution in [0.3, 0.4) is 0 Å². The summed E-state index contributed by atoms with van der Waals surface area (Å²) in [6.45, 7) is 8.46. The summed E-state index contributed by atoms with van der Waals surface area (Å²) in [5.74, 6) is 1.71. The van der Waals surface area contributed by atoms with Gasteiger partial charge in [-0.15, -0.1) is 0 Å². The van der Waals surface area contributed by atoms with Gasteiger partial charge in [0, 0.05) is 34.8 Å². The van der Waals surface area contributed by atoms with Gasteiger partial charge in [-0.05, 0) is 73.4 Å². The molecule has 0 atom stereocenters. The Balaban J connectivity index is 1.42. The molecule has 0 N–H and O–H groups in total. The van der Waals surface area contributed by atoms with Crippen molar-refractivity contribution in [3.05, 3.63) is 113 Å². The van der Waals surface area contributed by atoms with Crippen molar-refractivity contribution in [2.24, 2.45) is 0 Å². The van der Waals surface area contributed by atoms with Crippen molar-refractivity contribution in [3.8, 4) is 11.5 Å². The number of para-hydroxylation sites is 2. The molecule has 7 rings (SSSR count). The van der Waals surface area contributed by atoms with Gasteiger partial charge >= 0.3 is 0 Å². The second-order valence-corrected chi connectivity index (χ2v) is 10.6. The molecule has 0 spiro atoms. The minimum Gasteiger partial charge on any atom is -0.454 e. The van der Waals surface area contributed by atoms with Crippen LogP contribution in [0.25, 0.3) is 38.5 Å². The monoisotopic (exact) mass is 523 g/mol. The molecule has 6 nitrogen and oxygen atoms in total. The molecule has 7 aromatic rings. The molecule has 0 aliphatic carbocycles. The van der Waals surface area contributed by atoms with E-state index in [1.807, 2.05) is 50.5 Å². The van der Waals surface area contributed by atoms with Crippen molar-refractivity contribution >= 4 is 38.5 Å². The number of rotatable bonds is 5. The Hall–Kier alpha value is -4.84. The summed E-state index contributed by atoms with van der Waals surface area (Å²) in [6.07, 6.45) is 4.33. The van der Waals surface area contributed by atoms with E-state index in [2.05, 4.69) is 71.8 Å².